The van der Waals surface area contributed by atoms with Crippen LogP contribution in [0.4, 0.5) is 14.9 Å². The van der Waals surface area contributed by atoms with Gasteiger partial charge in [-0.2, -0.15) is 10.1 Å². The lowest BCUT2D eigenvalue weighted by Crippen LogP contribution is -2.41. The van der Waals surface area contributed by atoms with Gasteiger partial charge in [-0.05, 0) is 42.0 Å². The number of nitrogens with one attached hydrogen (secondary N) is 1. The second-order valence-electron chi connectivity index (χ2n) is 9.78. The number of hydrazine groups is 1. The SMILES string of the molecule is COc1cc2c(Oc3ccccc3N(N=Cc3ccc(F)cc3)C(=O)NN)ccnc2cc1OC1CCN(C(C)=O)CC1. The van der Waals surface area contributed by atoms with E-state index in [-0.39, 0.29) is 17.8 Å². The molecule has 0 radical (unpaired) electrons. The summed E-state index contributed by atoms with van der Waals surface area (Å²) in [6, 6.07) is 17.0. The summed E-state index contributed by atoms with van der Waals surface area (Å²) in [6.07, 6.45) is 4.38. The van der Waals surface area contributed by atoms with Crippen molar-refractivity contribution in [3.05, 3.63) is 84.3 Å². The number of ether oxygens (including phenoxy) is 3. The number of halogens is 1. The third kappa shape index (κ3) is 6.81. The fourth-order valence-electron chi connectivity index (χ4n) is 4.73. The molecule has 12 heteroatoms. The Bertz CT molecular complexity index is 1640. The van der Waals surface area contributed by atoms with Gasteiger partial charge in [0, 0.05) is 50.5 Å². The highest BCUT2D eigenvalue weighted by Crippen LogP contribution is 2.40. The molecule has 11 nitrogen and oxygen atoms in total. The van der Waals surface area contributed by atoms with E-state index >= 15 is 0 Å². The number of carbonyl (C=O) groups is 2. The van der Waals surface area contributed by atoms with E-state index < -0.39 is 6.03 Å². The number of nitrogens with two attached hydrogens (primary N) is 1. The van der Waals surface area contributed by atoms with E-state index in [0.29, 0.717) is 71.1 Å². The zero-order valence-electron chi connectivity index (χ0n) is 23.7. The number of pyridine rings is 1. The number of para-hydroxylation sites is 2. The van der Waals surface area contributed by atoms with Crippen molar-refractivity contribution >= 4 is 34.7 Å². The molecule has 222 valence electrons. The number of piperidine rings is 1. The number of aromatic nitrogens is 1. The molecule has 0 aliphatic carbocycles. The molecule has 1 saturated heterocycles. The molecule has 2 heterocycles. The van der Waals surface area contributed by atoms with Gasteiger partial charge in [-0.25, -0.2) is 15.0 Å². The minimum atomic E-state index is -0.716. The standard InChI is InChI=1S/C31H31FN6O5/c1-20(39)37-15-12-23(13-16-37)42-30-18-25-24(17-29(30)41-2)27(11-14-34-25)43-28-6-4-3-5-26(28)38(31(40)36-33)35-19-21-7-9-22(32)10-8-21/h3-11,14,17-19,23H,12-13,15-16,33H2,1-2H3,(H,36,40). The normalized spacial score (nSPS) is 13.6. The number of hydrogen-bond donors (Lipinski definition) is 2. The largest absolute Gasteiger partial charge is 0.493 e. The van der Waals surface area contributed by atoms with Gasteiger partial charge >= 0.3 is 6.03 Å². The minimum Gasteiger partial charge on any atom is -0.493 e. The average molecular weight is 587 g/mol. The van der Waals surface area contributed by atoms with Crippen molar-refractivity contribution in [2.24, 2.45) is 10.9 Å². The number of methoxy groups -OCH3 is 1. The van der Waals surface area contributed by atoms with Crippen LogP contribution in [0.2, 0.25) is 0 Å². The molecule has 3 amide bonds. The van der Waals surface area contributed by atoms with Crippen LogP contribution >= 0.6 is 0 Å². The molecular formula is C31H31FN6O5. The summed E-state index contributed by atoms with van der Waals surface area (Å²) in [4.78, 5) is 30.7. The number of urea groups is 1. The number of hydrogen-bond acceptors (Lipinski definition) is 8. The van der Waals surface area contributed by atoms with E-state index in [9.17, 15) is 14.0 Å². The maximum atomic E-state index is 13.3. The van der Waals surface area contributed by atoms with Gasteiger partial charge in [0.05, 0.1) is 18.8 Å². The molecule has 3 N–H and O–H groups in total. The number of rotatable bonds is 8. The Morgan fingerprint density at radius 3 is 2.49 bits per heavy atom. The number of fused-ring (bicyclic) bond motifs is 1. The molecule has 0 saturated carbocycles. The Balaban J connectivity index is 1.43. The molecule has 0 spiro atoms. The minimum absolute atomic E-state index is 0.0616. The first kappa shape index (κ1) is 29.3. The van der Waals surface area contributed by atoms with E-state index in [1.54, 1.807) is 62.7 Å². The van der Waals surface area contributed by atoms with Crippen LogP contribution in [0, 0.1) is 5.82 Å². The Kier molecular flexibility index (Phi) is 8.96. The van der Waals surface area contributed by atoms with Crippen molar-refractivity contribution in [2.45, 2.75) is 25.9 Å². The molecule has 0 atom stereocenters. The monoisotopic (exact) mass is 586 g/mol. The second-order valence-corrected chi connectivity index (χ2v) is 9.78. The number of likely N-dealkylation sites (tertiary alicyclic amines) is 1. The number of benzene rings is 3. The first-order valence-corrected chi connectivity index (χ1v) is 13.6. The van der Waals surface area contributed by atoms with Crippen LogP contribution in [-0.2, 0) is 4.79 Å². The highest BCUT2D eigenvalue weighted by molar-refractivity contribution is 5.95. The lowest BCUT2D eigenvalue weighted by molar-refractivity contribution is -0.130. The fourth-order valence-corrected chi connectivity index (χ4v) is 4.73. The molecule has 1 aromatic heterocycles. The molecular weight excluding hydrogens is 555 g/mol. The van der Waals surface area contributed by atoms with Crippen molar-refractivity contribution in [1.82, 2.24) is 15.3 Å². The highest BCUT2D eigenvalue weighted by Gasteiger charge is 2.24. The maximum absolute atomic E-state index is 13.3. The smallest absolute Gasteiger partial charge is 0.356 e. The third-order valence-electron chi connectivity index (χ3n) is 6.99. The van der Waals surface area contributed by atoms with Gasteiger partial charge in [0.2, 0.25) is 5.91 Å². The summed E-state index contributed by atoms with van der Waals surface area (Å²) < 4.78 is 31.6. The van der Waals surface area contributed by atoms with E-state index in [2.05, 4.69) is 15.5 Å². The lowest BCUT2D eigenvalue weighted by Gasteiger charge is -2.31. The van der Waals surface area contributed by atoms with E-state index in [1.807, 2.05) is 4.90 Å². The van der Waals surface area contributed by atoms with Gasteiger partial charge in [0.15, 0.2) is 17.2 Å². The van der Waals surface area contributed by atoms with Gasteiger partial charge in [0.1, 0.15) is 23.4 Å². The summed E-state index contributed by atoms with van der Waals surface area (Å²) in [5.41, 5.74) is 3.58. The van der Waals surface area contributed by atoms with Crippen LogP contribution < -0.4 is 30.5 Å². The van der Waals surface area contributed by atoms with Gasteiger partial charge in [-0.1, -0.05) is 24.3 Å². The van der Waals surface area contributed by atoms with Crippen molar-refractivity contribution in [1.29, 1.82) is 0 Å². The first-order chi connectivity index (χ1) is 20.9. The van der Waals surface area contributed by atoms with Crippen molar-refractivity contribution in [3.63, 3.8) is 0 Å². The Morgan fingerprint density at radius 1 is 1.05 bits per heavy atom. The maximum Gasteiger partial charge on any atom is 0.356 e. The van der Waals surface area contributed by atoms with E-state index in [4.69, 9.17) is 20.1 Å². The summed E-state index contributed by atoms with van der Waals surface area (Å²) in [6.45, 7) is 2.85. The molecule has 4 aromatic rings. The quantitative estimate of drug-likeness (QED) is 0.129. The van der Waals surface area contributed by atoms with Crippen LogP contribution in [-0.4, -0.2) is 54.3 Å². The topological polar surface area (TPSA) is 132 Å². The average Bonchev–Trinajstić information content (AvgIpc) is 3.02. The molecule has 43 heavy (non-hydrogen) atoms. The van der Waals surface area contributed by atoms with Crippen molar-refractivity contribution in [2.75, 3.05) is 25.2 Å². The summed E-state index contributed by atoms with van der Waals surface area (Å²) in [5.74, 6) is 6.93. The second kappa shape index (κ2) is 13.2. The van der Waals surface area contributed by atoms with Gasteiger partial charge < -0.3 is 19.1 Å². The zero-order valence-corrected chi connectivity index (χ0v) is 23.7. The van der Waals surface area contributed by atoms with Gasteiger partial charge in [-0.3, -0.25) is 15.2 Å². The summed E-state index contributed by atoms with van der Waals surface area (Å²) in [7, 11) is 1.56. The highest BCUT2D eigenvalue weighted by atomic mass is 19.1. The lowest BCUT2D eigenvalue weighted by atomic mass is 10.1. The predicted molar refractivity (Wildman–Crippen MR) is 160 cm³/mol. The molecule has 3 aromatic carbocycles. The van der Waals surface area contributed by atoms with E-state index in [1.165, 1.54) is 30.5 Å². The zero-order chi connectivity index (χ0) is 30.3. The molecule has 0 unspecified atom stereocenters. The van der Waals surface area contributed by atoms with Crippen molar-refractivity contribution in [3.8, 4) is 23.0 Å². The summed E-state index contributed by atoms with van der Waals surface area (Å²) in [5, 5.41) is 5.98. The molecule has 1 aliphatic rings. The van der Waals surface area contributed by atoms with Crippen molar-refractivity contribution < 1.29 is 28.2 Å². The number of amides is 3. The van der Waals surface area contributed by atoms with Gasteiger partial charge in [-0.15, -0.1) is 0 Å². The molecule has 5 rings (SSSR count). The van der Waals surface area contributed by atoms with Crippen LogP contribution in [0.3, 0.4) is 0 Å². The first-order valence-electron chi connectivity index (χ1n) is 13.6. The van der Waals surface area contributed by atoms with Gasteiger partial charge in [0.25, 0.3) is 0 Å². The Morgan fingerprint density at radius 2 is 1.79 bits per heavy atom. The Labute approximate surface area is 247 Å². The number of carbonyl (C=O) groups excluding carboxylic acids is 2. The summed E-state index contributed by atoms with van der Waals surface area (Å²) >= 11 is 0. The molecule has 0 bridgehead atoms. The number of anilines is 1. The van der Waals surface area contributed by atoms with Crippen LogP contribution in [0.5, 0.6) is 23.0 Å². The Hall–Kier alpha value is -5.23. The van der Waals surface area contributed by atoms with Crippen LogP contribution in [0.15, 0.2) is 78.0 Å². The van der Waals surface area contributed by atoms with Crippen LogP contribution in [0.1, 0.15) is 25.3 Å². The number of nitrogens with zero attached hydrogens (tertiary/aromatic N) is 4. The molecule has 1 aliphatic heterocycles. The number of hydrazone groups is 1. The van der Waals surface area contributed by atoms with E-state index in [0.717, 1.165) is 5.01 Å². The van der Waals surface area contributed by atoms with Crippen LogP contribution in [0.25, 0.3) is 10.9 Å². The third-order valence-corrected chi connectivity index (χ3v) is 6.99. The predicted octanol–water partition coefficient (Wildman–Crippen LogP) is 4.99. The molecule has 1 fully saturated rings. The fraction of sp³-hybridized carbons (Fsp3) is 0.226.